The van der Waals surface area contributed by atoms with Crippen molar-refractivity contribution in [2.24, 2.45) is 0 Å². The number of aryl methyl sites for hydroxylation is 1. The minimum Gasteiger partial charge on any atom is -0.437 e. The second-order valence-corrected chi connectivity index (χ2v) is 8.28. The van der Waals surface area contributed by atoms with Crippen LogP contribution in [0.1, 0.15) is 22.5 Å². The smallest absolute Gasteiger partial charge is 0.376 e. The number of anilines is 1. The number of morpholine rings is 1. The maximum Gasteiger partial charge on any atom is 0.376 e. The van der Waals surface area contributed by atoms with E-state index in [0.29, 0.717) is 0 Å². The topological polar surface area (TPSA) is 66.7 Å². The van der Waals surface area contributed by atoms with E-state index in [-0.39, 0.29) is 0 Å². The van der Waals surface area contributed by atoms with Gasteiger partial charge in [0.05, 0.1) is 24.9 Å². The van der Waals surface area contributed by atoms with E-state index in [1.54, 1.807) is 0 Å². The number of nitrogens with zero attached hydrogens (tertiary/aromatic N) is 5. The maximum absolute atomic E-state index is 10.1. The first kappa shape index (κ1) is 19.5. The average molecular weight is 405 g/mol. The fraction of sp³-hybridized carbons (Fsp3) is 0.455. The lowest BCUT2D eigenvalue weighted by Gasteiger charge is -2.31. The molecule has 0 aliphatic carbocycles. The van der Waals surface area contributed by atoms with Crippen LogP contribution < -0.4 is 4.90 Å². The minimum absolute atomic E-state index is 0.427. The number of benzene rings is 1. The first-order valence-electron chi connectivity index (χ1n) is 10.8. The molecule has 5 rings (SSSR count). The summed E-state index contributed by atoms with van der Waals surface area (Å²) < 4.78 is 7.77. The van der Waals surface area contributed by atoms with Crippen molar-refractivity contribution in [3.63, 3.8) is 0 Å². The standard InChI is InChI=1S/C22H28BN5O2/c1-16-25-20-13-24-22(26-8-10-30-11-9-26)12-21(20)28(16)14-18-5-3-4-17-6-7-27(23(2)29)15-19(17)18/h3-5,12-13,29H,6-11,14-15H2,1-2H3. The summed E-state index contributed by atoms with van der Waals surface area (Å²) in [6, 6.07) is 8.75. The van der Waals surface area contributed by atoms with Crippen LogP contribution in [0.15, 0.2) is 30.5 Å². The van der Waals surface area contributed by atoms with Crippen molar-refractivity contribution in [1.29, 1.82) is 0 Å². The van der Waals surface area contributed by atoms with Crippen molar-refractivity contribution in [1.82, 2.24) is 19.3 Å². The van der Waals surface area contributed by atoms with E-state index in [1.165, 1.54) is 16.7 Å². The van der Waals surface area contributed by atoms with Gasteiger partial charge in [0.25, 0.3) is 0 Å². The van der Waals surface area contributed by atoms with Gasteiger partial charge >= 0.3 is 7.05 Å². The summed E-state index contributed by atoms with van der Waals surface area (Å²) in [6.07, 6.45) is 2.86. The Hall–Kier alpha value is -2.42. The molecule has 8 heteroatoms. The van der Waals surface area contributed by atoms with E-state index < -0.39 is 7.05 Å². The quantitative estimate of drug-likeness (QED) is 0.671. The summed E-state index contributed by atoms with van der Waals surface area (Å²) in [5.74, 6) is 1.98. The Balaban J connectivity index is 1.51. The summed E-state index contributed by atoms with van der Waals surface area (Å²) in [7, 11) is -0.427. The van der Waals surface area contributed by atoms with Gasteiger partial charge in [0.1, 0.15) is 17.2 Å². The zero-order valence-corrected chi connectivity index (χ0v) is 17.7. The van der Waals surface area contributed by atoms with E-state index >= 15 is 0 Å². The Morgan fingerprint density at radius 1 is 1.20 bits per heavy atom. The molecule has 4 heterocycles. The predicted octanol–water partition coefficient (Wildman–Crippen LogP) is 2.09. The molecule has 30 heavy (non-hydrogen) atoms. The molecule has 7 nitrogen and oxygen atoms in total. The Morgan fingerprint density at radius 3 is 2.83 bits per heavy atom. The molecule has 0 unspecified atom stereocenters. The fourth-order valence-electron chi connectivity index (χ4n) is 4.61. The molecule has 0 spiro atoms. The molecule has 0 saturated carbocycles. The number of fused-ring (bicyclic) bond motifs is 2. The van der Waals surface area contributed by atoms with Crippen molar-refractivity contribution in [2.45, 2.75) is 33.3 Å². The fourth-order valence-corrected chi connectivity index (χ4v) is 4.61. The number of aromatic nitrogens is 3. The van der Waals surface area contributed by atoms with Crippen molar-refractivity contribution in [3.8, 4) is 0 Å². The molecule has 1 saturated heterocycles. The highest BCUT2D eigenvalue weighted by atomic mass is 16.5. The molecule has 2 aliphatic heterocycles. The summed E-state index contributed by atoms with van der Waals surface area (Å²) >= 11 is 0. The predicted molar refractivity (Wildman–Crippen MR) is 119 cm³/mol. The van der Waals surface area contributed by atoms with Gasteiger partial charge in [-0.2, -0.15) is 0 Å². The van der Waals surface area contributed by atoms with Crippen molar-refractivity contribution >= 4 is 23.9 Å². The number of hydrogen-bond donors (Lipinski definition) is 1. The van der Waals surface area contributed by atoms with Crippen molar-refractivity contribution < 1.29 is 9.76 Å². The third kappa shape index (κ3) is 3.60. The van der Waals surface area contributed by atoms with E-state index in [4.69, 9.17) is 9.72 Å². The SMILES string of the molecule is CB(O)N1CCc2cccc(Cn3c(C)nc4cnc(N5CCOCC5)cc43)c2C1. The lowest BCUT2D eigenvalue weighted by Crippen LogP contribution is -2.41. The maximum atomic E-state index is 10.1. The number of rotatable bonds is 4. The highest BCUT2D eigenvalue weighted by Crippen LogP contribution is 2.27. The molecule has 0 radical (unpaired) electrons. The molecular formula is C22H28BN5O2. The summed E-state index contributed by atoms with van der Waals surface area (Å²) in [5.41, 5.74) is 6.07. The van der Waals surface area contributed by atoms with Crippen LogP contribution in [0.2, 0.25) is 6.82 Å². The van der Waals surface area contributed by atoms with Gasteiger partial charge < -0.3 is 24.0 Å². The van der Waals surface area contributed by atoms with Crippen LogP contribution in [0, 0.1) is 6.92 Å². The Kier molecular flexibility index (Phi) is 5.22. The average Bonchev–Trinajstić information content (AvgIpc) is 3.08. The first-order chi connectivity index (χ1) is 14.6. The highest BCUT2D eigenvalue weighted by molar-refractivity contribution is 6.45. The van der Waals surface area contributed by atoms with Crippen LogP contribution in [0.3, 0.4) is 0 Å². The monoisotopic (exact) mass is 405 g/mol. The van der Waals surface area contributed by atoms with Gasteiger partial charge in [-0.3, -0.25) is 0 Å². The molecule has 0 bridgehead atoms. The number of hydrogen-bond acceptors (Lipinski definition) is 6. The lowest BCUT2D eigenvalue weighted by atomic mass is 9.81. The Bertz CT molecular complexity index is 1060. The third-order valence-corrected chi connectivity index (χ3v) is 6.40. The molecule has 3 aromatic rings. The van der Waals surface area contributed by atoms with Crippen LogP contribution in [-0.4, -0.2) is 64.3 Å². The Labute approximate surface area is 177 Å². The molecule has 2 aromatic heterocycles. The van der Waals surface area contributed by atoms with Crippen molar-refractivity contribution in [2.75, 3.05) is 37.7 Å². The molecular weight excluding hydrogens is 377 g/mol. The van der Waals surface area contributed by atoms with Crippen LogP contribution in [-0.2, 0) is 24.2 Å². The minimum atomic E-state index is -0.427. The van der Waals surface area contributed by atoms with E-state index in [9.17, 15) is 5.02 Å². The molecule has 2 aliphatic rings. The molecule has 0 amide bonds. The number of ether oxygens (including phenoxy) is 1. The highest BCUT2D eigenvalue weighted by Gasteiger charge is 2.24. The van der Waals surface area contributed by atoms with E-state index in [0.717, 1.165) is 75.0 Å². The van der Waals surface area contributed by atoms with Gasteiger partial charge in [0.2, 0.25) is 0 Å². The van der Waals surface area contributed by atoms with Crippen LogP contribution in [0.5, 0.6) is 0 Å². The van der Waals surface area contributed by atoms with Gasteiger partial charge in [-0.25, -0.2) is 9.97 Å². The molecule has 1 N–H and O–H groups in total. The van der Waals surface area contributed by atoms with E-state index in [2.05, 4.69) is 50.5 Å². The normalized spacial score (nSPS) is 17.4. The Morgan fingerprint density at radius 2 is 2.03 bits per heavy atom. The number of pyridine rings is 1. The molecule has 1 fully saturated rings. The van der Waals surface area contributed by atoms with Gasteiger partial charge in [0.15, 0.2) is 0 Å². The van der Waals surface area contributed by atoms with Gasteiger partial charge in [-0.1, -0.05) is 18.2 Å². The van der Waals surface area contributed by atoms with Crippen LogP contribution in [0.4, 0.5) is 5.82 Å². The van der Waals surface area contributed by atoms with Gasteiger partial charge in [-0.05, 0) is 43.4 Å². The summed E-state index contributed by atoms with van der Waals surface area (Å²) in [6.45, 7) is 9.59. The van der Waals surface area contributed by atoms with Crippen LogP contribution in [0.25, 0.3) is 11.0 Å². The molecule has 1 aromatic carbocycles. The zero-order chi connectivity index (χ0) is 20.7. The van der Waals surface area contributed by atoms with Gasteiger partial charge in [0, 0.05) is 32.2 Å². The van der Waals surface area contributed by atoms with Gasteiger partial charge in [-0.15, -0.1) is 0 Å². The zero-order valence-electron chi connectivity index (χ0n) is 17.7. The molecule has 156 valence electrons. The molecule has 0 atom stereocenters. The number of imidazole rings is 1. The lowest BCUT2D eigenvalue weighted by molar-refractivity contribution is 0.122. The summed E-state index contributed by atoms with van der Waals surface area (Å²) in [5, 5.41) is 10.1. The largest absolute Gasteiger partial charge is 0.437 e. The second kappa shape index (κ2) is 8.02. The first-order valence-corrected chi connectivity index (χ1v) is 10.8. The van der Waals surface area contributed by atoms with E-state index in [1.807, 2.05) is 13.0 Å². The third-order valence-electron chi connectivity index (χ3n) is 6.40. The van der Waals surface area contributed by atoms with Crippen molar-refractivity contribution in [3.05, 3.63) is 53.0 Å². The van der Waals surface area contributed by atoms with Crippen LogP contribution >= 0.6 is 0 Å². The second-order valence-electron chi connectivity index (χ2n) is 8.28. The summed E-state index contributed by atoms with van der Waals surface area (Å²) in [4.78, 5) is 13.8.